The molecule has 0 bridgehead atoms. The van der Waals surface area contributed by atoms with Crippen LogP contribution in [0.3, 0.4) is 0 Å². The molecule has 9 heteroatoms. The molecule has 0 aromatic heterocycles. The van der Waals surface area contributed by atoms with E-state index in [1.165, 1.54) is 0 Å². The number of nitrogens with zero attached hydrogens (tertiary/aromatic N) is 1. The predicted octanol–water partition coefficient (Wildman–Crippen LogP) is 3.25. The molecule has 7 nitrogen and oxygen atoms in total. The number of rotatable bonds is 17. The molecule has 0 saturated carbocycles. The highest BCUT2D eigenvalue weighted by Gasteiger charge is 2.23. The largest absolute Gasteiger partial charge is 0.392 e. The quantitative estimate of drug-likeness (QED) is 0.262. The van der Waals surface area contributed by atoms with E-state index in [-0.39, 0.29) is 23.9 Å². The van der Waals surface area contributed by atoms with Gasteiger partial charge in [-0.2, -0.15) is 0 Å². The summed E-state index contributed by atoms with van der Waals surface area (Å²) in [5.74, 6) is -0.00583. The van der Waals surface area contributed by atoms with Crippen molar-refractivity contribution in [3.63, 3.8) is 0 Å². The maximum atomic E-state index is 13.1. The second-order valence-corrected chi connectivity index (χ2v) is 10.7. The first-order valence-corrected chi connectivity index (χ1v) is 12.9. The van der Waals surface area contributed by atoms with Crippen molar-refractivity contribution in [2.45, 2.75) is 44.6 Å². The van der Waals surface area contributed by atoms with Gasteiger partial charge in [0.2, 0.25) is 5.91 Å². The number of hydrogen-bond acceptors (Lipinski definition) is 8. The zero-order chi connectivity index (χ0) is 23.1. The van der Waals surface area contributed by atoms with Gasteiger partial charge < -0.3 is 29.3 Å². The molecule has 2 N–H and O–H groups in total. The SMILES string of the molecule is COCCOCCOCCN(C(=O)CCC(C)(C)SSC)c1cc(CO)cc(CO)c1. The number of carbonyl (C=O) groups is 1. The predicted molar refractivity (Wildman–Crippen MR) is 129 cm³/mol. The standard InChI is InChI=1S/C22H37NO6S2/c1-22(2,31-30-4)6-5-21(26)23(7-8-28-11-12-29-10-9-27-3)20-14-18(16-24)13-19(15-20)17-25/h13-15,24-25H,5-12,16-17H2,1-4H3. The van der Waals surface area contributed by atoms with Gasteiger partial charge in [0.15, 0.2) is 0 Å². The van der Waals surface area contributed by atoms with Gasteiger partial charge in [0.1, 0.15) is 0 Å². The average molecular weight is 476 g/mol. The lowest BCUT2D eigenvalue weighted by Crippen LogP contribution is -2.35. The highest BCUT2D eigenvalue weighted by Crippen LogP contribution is 2.37. The molecule has 0 aliphatic rings. The monoisotopic (exact) mass is 475 g/mol. The Hall–Kier alpha value is -0.810. The van der Waals surface area contributed by atoms with Gasteiger partial charge in [-0.3, -0.25) is 4.79 Å². The summed E-state index contributed by atoms with van der Waals surface area (Å²) >= 11 is 0. The van der Waals surface area contributed by atoms with Crippen LogP contribution in [0.25, 0.3) is 0 Å². The third kappa shape index (κ3) is 11.6. The first-order valence-electron chi connectivity index (χ1n) is 10.4. The van der Waals surface area contributed by atoms with Crippen LogP contribution in [0.15, 0.2) is 18.2 Å². The van der Waals surface area contributed by atoms with Crippen molar-refractivity contribution in [1.82, 2.24) is 0 Å². The number of aliphatic hydroxyl groups excluding tert-OH is 2. The number of carbonyl (C=O) groups excluding carboxylic acids is 1. The molecule has 0 aliphatic heterocycles. The Morgan fingerprint density at radius 1 is 1.00 bits per heavy atom. The Kier molecular flexibility index (Phi) is 14.5. The van der Waals surface area contributed by atoms with Gasteiger partial charge in [-0.15, -0.1) is 0 Å². The minimum atomic E-state index is -0.157. The number of methoxy groups -OCH3 is 1. The second kappa shape index (κ2) is 15.9. The molecule has 1 rings (SSSR count). The minimum absolute atomic E-state index is 0.00583. The van der Waals surface area contributed by atoms with Crippen LogP contribution >= 0.6 is 21.6 Å². The van der Waals surface area contributed by atoms with Crippen LogP contribution in [0.5, 0.6) is 0 Å². The fourth-order valence-electron chi connectivity index (χ4n) is 2.91. The molecule has 31 heavy (non-hydrogen) atoms. The van der Waals surface area contributed by atoms with Crippen molar-refractivity contribution in [1.29, 1.82) is 0 Å². The number of ether oxygens (including phenoxy) is 3. The molecular formula is C22H37NO6S2. The Balaban J connectivity index is 2.79. The highest BCUT2D eigenvalue weighted by atomic mass is 33.1. The summed E-state index contributed by atoms with van der Waals surface area (Å²) in [6.45, 7) is 6.66. The van der Waals surface area contributed by atoms with Crippen LogP contribution in [0.4, 0.5) is 5.69 Å². The molecule has 0 spiro atoms. The van der Waals surface area contributed by atoms with E-state index >= 15 is 0 Å². The molecule has 0 aliphatic carbocycles. The second-order valence-electron chi connectivity index (χ2n) is 7.60. The van der Waals surface area contributed by atoms with Crippen molar-refractivity contribution < 1.29 is 29.2 Å². The zero-order valence-corrected chi connectivity index (χ0v) is 20.7. The van der Waals surface area contributed by atoms with Crippen molar-refractivity contribution in [2.75, 3.05) is 57.8 Å². The van der Waals surface area contributed by atoms with E-state index in [9.17, 15) is 15.0 Å². The first kappa shape index (κ1) is 28.2. The molecule has 0 unspecified atom stereocenters. The van der Waals surface area contributed by atoms with Crippen LogP contribution in [0, 0.1) is 0 Å². The summed E-state index contributed by atoms with van der Waals surface area (Å²) < 4.78 is 15.9. The summed E-state index contributed by atoms with van der Waals surface area (Å²) in [6, 6.07) is 5.30. The topological polar surface area (TPSA) is 88.5 Å². The van der Waals surface area contributed by atoms with Crippen molar-refractivity contribution >= 4 is 33.2 Å². The molecule has 0 atom stereocenters. The fourth-order valence-corrected chi connectivity index (χ4v) is 5.15. The summed E-state index contributed by atoms with van der Waals surface area (Å²) in [7, 11) is 5.08. The van der Waals surface area contributed by atoms with Crippen molar-refractivity contribution in [2.24, 2.45) is 0 Å². The Bertz CT molecular complexity index is 622. The van der Waals surface area contributed by atoms with E-state index in [4.69, 9.17) is 14.2 Å². The van der Waals surface area contributed by atoms with Crippen molar-refractivity contribution in [3.05, 3.63) is 29.3 Å². The summed E-state index contributed by atoms with van der Waals surface area (Å²) in [5, 5.41) is 19.1. The summed E-state index contributed by atoms with van der Waals surface area (Å²) in [6.07, 6.45) is 3.18. The van der Waals surface area contributed by atoms with Gasteiger partial charge in [0, 0.05) is 30.5 Å². The number of anilines is 1. The normalized spacial score (nSPS) is 11.7. The lowest BCUT2D eigenvalue weighted by Gasteiger charge is -2.27. The van der Waals surface area contributed by atoms with E-state index in [0.717, 1.165) is 6.42 Å². The van der Waals surface area contributed by atoms with E-state index in [1.807, 2.05) is 6.26 Å². The summed E-state index contributed by atoms with van der Waals surface area (Å²) in [5.41, 5.74) is 1.98. The lowest BCUT2D eigenvalue weighted by molar-refractivity contribution is -0.119. The van der Waals surface area contributed by atoms with Crippen LogP contribution in [0.2, 0.25) is 0 Å². The minimum Gasteiger partial charge on any atom is -0.392 e. The van der Waals surface area contributed by atoms with E-state index in [2.05, 4.69) is 13.8 Å². The Morgan fingerprint density at radius 2 is 1.58 bits per heavy atom. The zero-order valence-electron chi connectivity index (χ0n) is 19.1. The Morgan fingerprint density at radius 3 is 2.13 bits per heavy atom. The third-order valence-electron chi connectivity index (χ3n) is 4.53. The van der Waals surface area contributed by atoms with E-state index in [1.54, 1.807) is 51.8 Å². The number of amides is 1. The molecule has 0 heterocycles. The number of aliphatic hydroxyl groups is 2. The molecule has 0 fully saturated rings. The summed E-state index contributed by atoms with van der Waals surface area (Å²) in [4.78, 5) is 14.8. The van der Waals surface area contributed by atoms with Gasteiger partial charge >= 0.3 is 0 Å². The van der Waals surface area contributed by atoms with Crippen LogP contribution < -0.4 is 4.90 Å². The number of benzene rings is 1. The van der Waals surface area contributed by atoms with Crippen molar-refractivity contribution in [3.8, 4) is 0 Å². The van der Waals surface area contributed by atoms with Gasteiger partial charge in [-0.05, 0) is 49.8 Å². The smallest absolute Gasteiger partial charge is 0.227 e. The maximum Gasteiger partial charge on any atom is 0.227 e. The molecule has 1 aromatic carbocycles. The number of hydrogen-bond donors (Lipinski definition) is 2. The van der Waals surface area contributed by atoms with Crippen LogP contribution in [-0.2, 0) is 32.2 Å². The van der Waals surface area contributed by atoms with Gasteiger partial charge in [0.25, 0.3) is 0 Å². The molecule has 0 saturated heterocycles. The van der Waals surface area contributed by atoms with E-state index in [0.29, 0.717) is 62.8 Å². The van der Waals surface area contributed by atoms with Crippen LogP contribution in [0.1, 0.15) is 37.8 Å². The Labute approximate surface area is 194 Å². The highest BCUT2D eigenvalue weighted by molar-refractivity contribution is 8.76. The molecule has 0 radical (unpaired) electrons. The average Bonchev–Trinajstić information content (AvgIpc) is 2.76. The van der Waals surface area contributed by atoms with Gasteiger partial charge in [-0.25, -0.2) is 0 Å². The third-order valence-corrected chi connectivity index (χ3v) is 7.20. The fraction of sp³-hybridized carbons (Fsp3) is 0.682. The van der Waals surface area contributed by atoms with Gasteiger partial charge in [-0.1, -0.05) is 27.7 Å². The van der Waals surface area contributed by atoms with Gasteiger partial charge in [0.05, 0.1) is 46.2 Å². The molecule has 178 valence electrons. The molecular weight excluding hydrogens is 438 g/mol. The van der Waals surface area contributed by atoms with E-state index < -0.39 is 0 Å². The maximum absolute atomic E-state index is 13.1. The molecule has 1 aromatic rings. The lowest BCUT2D eigenvalue weighted by atomic mass is 10.1. The molecule has 1 amide bonds. The van der Waals surface area contributed by atoms with Crippen LogP contribution in [-0.4, -0.2) is 73.8 Å². The first-order chi connectivity index (χ1) is 14.9.